The van der Waals surface area contributed by atoms with Gasteiger partial charge >= 0.3 is 0 Å². The van der Waals surface area contributed by atoms with E-state index < -0.39 is 5.54 Å². The molecular formula is C11H13Cl2NO. The molecule has 0 spiro atoms. The minimum absolute atomic E-state index is 0. The van der Waals surface area contributed by atoms with Crippen molar-refractivity contribution in [1.29, 1.82) is 0 Å². The molecule has 1 aliphatic heterocycles. The van der Waals surface area contributed by atoms with E-state index in [-0.39, 0.29) is 18.2 Å². The summed E-state index contributed by atoms with van der Waals surface area (Å²) in [5.74, 6) is 0.214. The minimum atomic E-state index is -0.585. The second-order valence-electron chi connectivity index (χ2n) is 3.70. The Labute approximate surface area is 100 Å². The Morgan fingerprint density at radius 3 is 2.60 bits per heavy atom. The van der Waals surface area contributed by atoms with E-state index in [0.717, 1.165) is 12.1 Å². The van der Waals surface area contributed by atoms with Gasteiger partial charge in [-0.1, -0.05) is 29.8 Å². The fourth-order valence-corrected chi connectivity index (χ4v) is 2.21. The first kappa shape index (κ1) is 12.5. The van der Waals surface area contributed by atoms with Gasteiger partial charge in [-0.3, -0.25) is 4.79 Å². The molecule has 1 aromatic rings. The lowest BCUT2D eigenvalue weighted by molar-refractivity contribution is -0.122. The highest BCUT2D eigenvalue weighted by molar-refractivity contribution is 6.31. The Hall–Kier alpha value is -0.570. The van der Waals surface area contributed by atoms with Gasteiger partial charge in [0.2, 0.25) is 0 Å². The number of Topliss-reactive ketones (excluding diaryl/α,β-unsaturated/α-hetero) is 1. The van der Waals surface area contributed by atoms with Crippen LogP contribution in [0.4, 0.5) is 0 Å². The lowest BCUT2D eigenvalue weighted by Gasteiger charge is -2.24. The van der Waals surface area contributed by atoms with Gasteiger partial charge in [0.1, 0.15) is 5.54 Å². The Morgan fingerprint density at radius 2 is 2.07 bits per heavy atom. The van der Waals surface area contributed by atoms with Crippen LogP contribution < -0.4 is 5.32 Å². The Kier molecular flexibility index (Phi) is 3.77. The van der Waals surface area contributed by atoms with E-state index in [4.69, 9.17) is 11.6 Å². The molecule has 1 N–H and O–H groups in total. The Bertz CT molecular complexity index is 381. The number of hydrogen-bond donors (Lipinski definition) is 1. The highest BCUT2D eigenvalue weighted by Crippen LogP contribution is 2.32. The van der Waals surface area contributed by atoms with E-state index in [1.165, 1.54) is 0 Å². The van der Waals surface area contributed by atoms with Gasteiger partial charge in [-0.05, 0) is 18.6 Å². The van der Waals surface area contributed by atoms with Crippen molar-refractivity contribution in [3.63, 3.8) is 0 Å². The molecule has 0 bridgehead atoms. The maximum absolute atomic E-state index is 11.7. The molecule has 1 aromatic carbocycles. The Balaban J connectivity index is 0.00000112. The minimum Gasteiger partial charge on any atom is -0.301 e. The van der Waals surface area contributed by atoms with E-state index in [9.17, 15) is 4.79 Å². The van der Waals surface area contributed by atoms with Crippen LogP contribution in [-0.4, -0.2) is 12.3 Å². The van der Waals surface area contributed by atoms with E-state index in [1.54, 1.807) is 0 Å². The molecule has 0 amide bonds. The summed E-state index contributed by atoms with van der Waals surface area (Å²) in [4.78, 5) is 11.7. The molecule has 1 saturated heterocycles. The van der Waals surface area contributed by atoms with Crippen LogP contribution in [0.1, 0.15) is 18.9 Å². The fourth-order valence-electron chi connectivity index (χ4n) is 1.89. The van der Waals surface area contributed by atoms with Gasteiger partial charge < -0.3 is 5.32 Å². The fraction of sp³-hybridized carbons (Fsp3) is 0.364. The van der Waals surface area contributed by atoms with E-state index in [0.29, 0.717) is 11.4 Å². The van der Waals surface area contributed by atoms with Crippen molar-refractivity contribution in [3.8, 4) is 0 Å². The molecule has 2 nitrogen and oxygen atoms in total. The molecule has 1 fully saturated rings. The van der Waals surface area contributed by atoms with Gasteiger partial charge in [-0.15, -0.1) is 12.4 Å². The third-order valence-corrected chi connectivity index (χ3v) is 3.13. The smallest absolute Gasteiger partial charge is 0.158 e. The van der Waals surface area contributed by atoms with Crippen LogP contribution in [0.15, 0.2) is 24.3 Å². The molecule has 1 aliphatic rings. The predicted molar refractivity (Wildman–Crippen MR) is 63.7 cm³/mol. The SMILES string of the molecule is CC1(c2ccccc2Cl)NCCC1=O.Cl. The Morgan fingerprint density at radius 1 is 1.40 bits per heavy atom. The van der Waals surface area contributed by atoms with Crippen LogP contribution in [-0.2, 0) is 10.3 Å². The monoisotopic (exact) mass is 245 g/mol. The van der Waals surface area contributed by atoms with Crippen LogP contribution >= 0.6 is 24.0 Å². The number of ketones is 1. The van der Waals surface area contributed by atoms with Crippen LogP contribution in [0.3, 0.4) is 0 Å². The largest absolute Gasteiger partial charge is 0.301 e. The van der Waals surface area contributed by atoms with Crippen molar-refractivity contribution in [2.24, 2.45) is 0 Å². The summed E-state index contributed by atoms with van der Waals surface area (Å²) in [5, 5.41) is 3.86. The average molecular weight is 246 g/mol. The van der Waals surface area contributed by atoms with Gasteiger partial charge in [-0.25, -0.2) is 0 Å². The molecule has 0 saturated carbocycles. The van der Waals surface area contributed by atoms with Gasteiger partial charge in [0, 0.05) is 18.0 Å². The molecule has 0 aromatic heterocycles. The molecule has 1 heterocycles. The second kappa shape index (κ2) is 4.52. The molecular weight excluding hydrogens is 233 g/mol. The van der Waals surface area contributed by atoms with Crippen LogP contribution in [0, 0.1) is 0 Å². The predicted octanol–water partition coefficient (Wildman–Crippen LogP) is 2.54. The number of rotatable bonds is 1. The van der Waals surface area contributed by atoms with Crippen LogP contribution in [0.5, 0.6) is 0 Å². The number of carbonyl (C=O) groups is 1. The topological polar surface area (TPSA) is 29.1 Å². The lowest BCUT2D eigenvalue weighted by Crippen LogP contribution is -2.39. The second-order valence-corrected chi connectivity index (χ2v) is 4.11. The number of hydrogen-bond acceptors (Lipinski definition) is 2. The van der Waals surface area contributed by atoms with Crippen molar-refractivity contribution < 1.29 is 4.79 Å². The van der Waals surface area contributed by atoms with E-state index in [2.05, 4.69) is 5.32 Å². The summed E-state index contributed by atoms with van der Waals surface area (Å²) >= 11 is 6.07. The van der Waals surface area contributed by atoms with Crippen LogP contribution in [0.2, 0.25) is 5.02 Å². The van der Waals surface area contributed by atoms with E-state index in [1.807, 2.05) is 31.2 Å². The number of carbonyl (C=O) groups excluding carboxylic acids is 1. The molecule has 1 atom stereocenters. The zero-order chi connectivity index (χ0) is 10.2. The maximum atomic E-state index is 11.7. The third kappa shape index (κ3) is 2.03. The third-order valence-electron chi connectivity index (χ3n) is 2.80. The highest BCUT2D eigenvalue weighted by atomic mass is 35.5. The first-order valence-corrected chi connectivity index (χ1v) is 5.06. The normalized spacial score (nSPS) is 25.1. The molecule has 82 valence electrons. The van der Waals surface area contributed by atoms with Crippen molar-refractivity contribution >= 4 is 29.8 Å². The first-order chi connectivity index (χ1) is 6.64. The van der Waals surface area contributed by atoms with Crippen molar-refractivity contribution in [1.82, 2.24) is 5.32 Å². The van der Waals surface area contributed by atoms with Crippen molar-refractivity contribution in [2.75, 3.05) is 6.54 Å². The lowest BCUT2D eigenvalue weighted by atomic mass is 9.89. The highest BCUT2D eigenvalue weighted by Gasteiger charge is 2.39. The summed E-state index contributed by atoms with van der Waals surface area (Å²) in [6.45, 7) is 2.63. The quantitative estimate of drug-likeness (QED) is 0.825. The molecule has 15 heavy (non-hydrogen) atoms. The first-order valence-electron chi connectivity index (χ1n) is 4.68. The van der Waals surface area contributed by atoms with Crippen molar-refractivity contribution in [3.05, 3.63) is 34.9 Å². The zero-order valence-electron chi connectivity index (χ0n) is 8.42. The van der Waals surface area contributed by atoms with Gasteiger partial charge in [-0.2, -0.15) is 0 Å². The summed E-state index contributed by atoms with van der Waals surface area (Å²) in [5.41, 5.74) is 0.294. The van der Waals surface area contributed by atoms with Crippen LogP contribution in [0.25, 0.3) is 0 Å². The summed E-state index contributed by atoms with van der Waals surface area (Å²) in [6.07, 6.45) is 0.585. The standard InChI is InChI=1S/C11H12ClNO.ClH/c1-11(10(14)6-7-13-11)8-4-2-3-5-9(8)12;/h2-5,13H,6-7H2,1H3;1H. The molecule has 0 radical (unpaired) electrons. The molecule has 4 heteroatoms. The molecule has 0 aliphatic carbocycles. The molecule has 2 rings (SSSR count). The molecule has 1 unspecified atom stereocenters. The van der Waals surface area contributed by atoms with Crippen molar-refractivity contribution in [2.45, 2.75) is 18.9 Å². The number of halogens is 2. The average Bonchev–Trinajstić information content (AvgIpc) is 2.49. The van der Waals surface area contributed by atoms with Gasteiger partial charge in [0.15, 0.2) is 5.78 Å². The van der Waals surface area contributed by atoms with Gasteiger partial charge in [0.05, 0.1) is 0 Å². The number of nitrogens with one attached hydrogen (secondary N) is 1. The zero-order valence-corrected chi connectivity index (χ0v) is 9.99. The van der Waals surface area contributed by atoms with E-state index >= 15 is 0 Å². The maximum Gasteiger partial charge on any atom is 0.158 e. The number of benzene rings is 1. The summed E-state index contributed by atoms with van der Waals surface area (Å²) in [6, 6.07) is 7.49. The summed E-state index contributed by atoms with van der Waals surface area (Å²) < 4.78 is 0. The van der Waals surface area contributed by atoms with Gasteiger partial charge in [0.25, 0.3) is 0 Å². The summed E-state index contributed by atoms with van der Waals surface area (Å²) in [7, 11) is 0.